The first-order chi connectivity index (χ1) is 18.0. The Balaban J connectivity index is 2.35. The standard InChI is InChI=1S/C30H46O9/c1-14-9-10-20-18(5)24(32)19(6)26(39-20)22-21(23(31)17(4)13-16(3)12-15(2)11-14)25(33)27(34)29(7,36)30(22,37)28(35)38-8/h11,14,16-20,24-26,32-33,36-37H,9-10,12-13H2,1-8H3/b15-11+. The van der Waals surface area contributed by atoms with Crippen molar-refractivity contribution >= 4 is 17.5 Å². The molecule has 0 amide bonds. The van der Waals surface area contributed by atoms with Gasteiger partial charge in [-0.2, -0.15) is 0 Å². The Bertz CT molecular complexity index is 1040. The van der Waals surface area contributed by atoms with Gasteiger partial charge < -0.3 is 29.9 Å². The third kappa shape index (κ3) is 5.40. The Morgan fingerprint density at radius 2 is 1.67 bits per heavy atom. The molecule has 11 unspecified atom stereocenters. The van der Waals surface area contributed by atoms with Gasteiger partial charge in [-0.05, 0) is 51.4 Å². The molecule has 1 aliphatic carbocycles. The van der Waals surface area contributed by atoms with Crippen LogP contribution in [0, 0.1) is 29.6 Å². The van der Waals surface area contributed by atoms with E-state index in [1.54, 1.807) is 13.8 Å². The van der Waals surface area contributed by atoms with E-state index in [1.807, 2.05) is 13.8 Å². The van der Waals surface area contributed by atoms with Crippen LogP contribution in [0.3, 0.4) is 0 Å². The lowest BCUT2D eigenvalue weighted by atomic mass is 9.61. The maximum absolute atomic E-state index is 14.0. The van der Waals surface area contributed by atoms with Crippen LogP contribution in [0.4, 0.5) is 0 Å². The van der Waals surface area contributed by atoms with Crippen molar-refractivity contribution in [3.05, 3.63) is 22.8 Å². The Hall–Kier alpha value is -1.91. The molecule has 4 N–H and O–H groups in total. The van der Waals surface area contributed by atoms with Crippen molar-refractivity contribution in [2.75, 3.05) is 7.11 Å². The number of aliphatic hydroxyl groups excluding tert-OH is 2. The van der Waals surface area contributed by atoms with Gasteiger partial charge in [0.25, 0.3) is 0 Å². The minimum absolute atomic E-state index is 0.0943. The third-order valence-electron chi connectivity index (χ3n) is 9.23. The van der Waals surface area contributed by atoms with E-state index in [1.165, 1.54) is 5.57 Å². The molecule has 3 rings (SSSR count). The monoisotopic (exact) mass is 550 g/mol. The summed E-state index contributed by atoms with van der Waals surface area (Å²) in [6, 6.07) is 0. The number of methoxy groups -OCH3 is 1. The number of ketones is 2. The van der Waals surface area contributed by atoms with Crippen molar-refractivity contribution in [1.82, 2.24) is 0 Å². The van der Waals surface area contributed by atoms with Gasteiger partial charge in [0.1, 0.15) is 6.10 Å². The fraction of sp³-hybridized carbons (Fsp3) is 0.767. The molecule has 3 aliphatic rings. The van der Waals surface area contributed by atoms with E-state index < -0.39 is 76.1 Å². The lowest BCUT2D eigenvalue weighted by molar-refractivity contribution is -0.206. The van der Waals surface area contributed by atoms with Gasteiger partial charge in [0.2, 0.25) is 11.4 Å². The van der Waals surface area contributed by atoms with Crippen molar-refractivity contribution in [1.29, 1.82) is 0 Å². The van der Waals surface area contributed by atoms with Crippen molar-refractivity contribution in [2.45, 2.75) is 110 Å². The summed E-state index contributed by atoms with van der Waals surface area (Å²) in [4.78, 5) is 40.5. The summed E-state index contributed by atoms with van der Waals surface area (Å²) in [7, 11) is 0.992. The number of esters is 1. The third-order valence-corrected chi connectivity index (χ3v) is 9.23. The fourth-order valence-electron chi connectivity index (χ4n) is 6.91. The van der Waals surface area contributed by atoms with E-state index in [9.17, 15) is 34.8 Å². The van der Waals surface area contributed by atoms with Crippen LogP contribution in [0.1, 0.15) is 74.1 Å². The van der Waals surface area contributed by atoms with E-state index in [4.69, 9.17) is 9.47 Å². The predicted molar refractivity (Wildman–Crippen MR) is 143 cm³/mol. The number of aliphatic hydroxyl groups is 4. The molecule has 0 spiro atoms. The van der Waals surface area contributed by atoms with Crippen LogP contribution >= 0.6 is 0 Å². The lowest BCUT2D eigenvalue weighted by Crippen LogP contribution is -2.71. The second-order valence-corrected chi connectivity index (χ2v) is 12.6. The quantitative estimate of drug-likeness (QED) is 0.285. The smallest absolute Gasteiger partial charge is 0.345 e. The van der Waals surface area contributed by atoms with Gasteiger partial charge in [-0.1, -0.05) is 46.3 Å². The van der Waals surface area contributed by atoms with Gasteiger partial charge in [0.15, 0.2) is 11.4 Å². The molecular formula is C30H46O9. The van der Waals surface area contributed by atoms with Crippen molar-refractivity contribution in [3.63, 3.8) is 0 Å². The Morgan fingerprint density at radius 3 is 2.26 bits per heavy atom. The number of fused-ring (bicyclic) bond motifs is 3. The molecule has 0 radical (unpaired) electrons. The average Bonchev–Trinajstić information content (AvgIpc) is 2.86. The Morgan fingerprint density at radius 1 is 1.05 bits per heavy atom. The van der Waals surface area contributed by atoms with Crippen LogP contribution in [0.5, 0.6) is 0 Å². The largest absolute Gasteiger partial charge is 0.467 e. The van der Waals surface area contributed by atoms with E-state index >= 15 is 0 Å². The second-order valence-electron chi connectivity index (χ2n) is 12.6. The normalized spacial score (nSPS) is 45.9. The number of carbonyl (C=O) groups excluding carboxylic acids is 3. The zero-order valence-corrected chi connectivity index (χ0v) is 24.4. The van der Waals surface area contributed by atoms with E-state index in [0.717, 1.165) is 26.9 Å². The molecule has 1 saturated heterocycles. The SMILES string of the molecule is COC(=O)C1(O)C2=C(C(=O)C(C)CC(C)C/C(C)=C/C(C)CCC3OC2C(C)C(O)C3C)C(O)C(=O)C1(C)O. The molecule has 0 aromatic rings. The molecule has 2 heterocycles. The van der Waals surface area contributed by atoms with Crippen LogP contribution in [0.15, 0.2) is 22.8 Å². The first-order valence-corrected chi connectivity index (χ1v) is 14.1. The highest BCUT2D eigenvalue weighted by molar-refractivity contribution is 6.13. The van der Waals surface area contributed by atoms with E-state index in [-0.39, 0.29) is 17.8 Å². The van der Waals surface area contributed by atoms with Gasteiger partial charge in [0, 0.05) is 28.9 Å². The number of ether oxygens (including phenoxy) is 2. The maximum atomic E-state index is 14.0. The number of carbonyl (C=O) groups is 3. The number of allylic oxidation sites excluding steroid dienone is 2. The van der Waals surface area contributed by atoms with Gasteiger partial charge in [-0.15, -0.1) is 0 Å². The minimum atomic E-state index is -3.03. The van der Waals surface area contributed by atoms with Gasteiger partial charge in [-0.25, -0.2) is 4.79 Å². The number of hydrogen-bond donors (Lipinski definition) is 4. The van der Waals surface area contributed by atoms with E-state index in [0.29, 0.717) is 12.8 Å². The molecule has 2 aliphatic heterocycles. The molecule has 1 fully saturated rings. The second kappa shape index (κ2) is 11.5. The number of rotatable bonds is 1. The summed E-state index contributed by atoms with van der Waals surface area (Å²) < 4.78 is 11.3. The summed E-state index contributed by atoms with van der Waals surface area (Å²) in [6.45, 7) is 12.3. The summed E-state index contributed by atoms with van der Waals surface area (Å²) >= 11 is 0. The molecule has 2 bridgehead atoms. The first kappa shape index (κ1) is 31.6. The highest BCUT2D eigenvalue weighted by Gasteiger charge is 2.68. The summed E-state index contributed by atoms with van der Waals surface area (Å²) in [5.41, 5.74) is -5.54. The minimum Gasteiger partial charge on any atom is -0.467 e. The first-order valence-electron chi connectivity index (χ1n) is 14.1. The highest BCUT2D eigenvalue weighted by atomic mass is 16.5. The maximum Gasteiger partial charge on any atom is 0.345 e. The summed E-state index contributed by atoms with van der Waals surface area (Å²) in [5, 5.41) is 45.8. The average molecular weight is 551 g/mol. The lowest BCUT2D eigenvalue weighted by Gasteiger charge is -2.51. The predicted octanol–water partition coefficient (Wildman–Crippen LogP) is 2.28. The molecule has 9 heteroatoms. The van der Waals surface area contributed by atoms with Crippen molar-refractivity contribution < 1.29 is 44.3 Å². The molecule has 0 aromatic heterocycles. The Labute approximate surface area is 231 Å². The van der Waals surface area contributed by atoms with E-state index in [2.05, 4.69) is 19.9 Å². The van der Waals surface area contributed by atoms with Gasteiger partial charge in [-0.3, -0.25) is 9.59 Å². The number of hydrogen-bond acceptors (Lipinski definition) is 9. The Kier molecular flexibility index (Phi) is 9.34. The zero-order valence-electron chi connectivity index (χ0n) is 24.4. The summed E-state index contributed by atoms with van der Waals surface area (Å²) in [5.74, 6) is -4.72. The van der Waals surface area contributed by atoms with Crippen LogP contribution < -0.4 is 0 Å². The number of Topliss-reactive ketones (excluding diaryl/α,β-unsaturated/α-hetero) is 2. The summed E-state index contributed by atoms with van der Waals surface area (Å²) in [6.07, 6.45) is -0.166. The zero-order chi connectivity index (χ0) is 29.6. The van der Waals surface area contributed by atoms with Crippen LogP contribution in [-0.4, -0.2) is 80.7 Å². The highest BCUT2D eigenvalue weighted by Crippen LogP contribution is 2.48. The van der Waals surface area contributed by atoms with Gasteiger partial charge in [0.05, 0.1) is 25.4 Å². The molecule has 39 heavy (non-hydrogen) atoms. The van der Waals surface area contributed by atoms with Crippen LogP contribution in [-0.2, 0) is 23.9 Å². The molecule has 0 saturated carbocycles. The molecular weight excluding hydrogens is 504 g/mol. The van der Waals surface area contributed by atoms with Crippen LogP contribution in [0.2, 0.25) is 0 Å². The van der Waals surface area contributed by atoms with Crippen molar-refractivity contribution in [3.8, 4) is 0 Å². The molecule has 11 atom stereocenters. The van der Waals surface area contributed by atoms with Crippen LogP contribution in [0.25, 0.3) is 0 Å². The van der Waals surface area contributed by atoms with Gasteiger partial charge >= 0.3 is 5.97 Å². The van der Waals surface area contributed by atoms with Crippen molar-refractivity contribution in [2.24, 2.45) is 29.6 Å². The molecule has 0 aromatic carbocycles. The fourth-order valence-corrected chi connectivity index (χ4v) is 6.91. The topological polar surface area (TPSA) is 151 Å². The molecule has 9 nitrogen and oxygen atoms in total. The molecule has 220 valence electrons.